The average Bonchev–Trinajstić information content (AvgIpc) is 2.75. The topological polar surface area (TPSA) is 62.1 Å². The molecule has 0 aliphatic carbocycles. The zero-order valence-corrected chi connectivity index (χ0v) is 19.6. The molecule has 0 radical (unpaired) electrons. The van der Waals surface area contributed by atoms with Crippen molar-refractivity contribution in [1.82, 2.24) is 0 Å². The van der Waals surface area contributed by atoms with Gasteiger partial charge in [-0.05, 0) is 37.1 Å². The lowest BCUT2D eigenvalue weighted by molar-refractivity contribution is -0.903. The maximum atomic E-state index is 13.3. The standard InChI is InChI=1S/C23H34N2O3S.ClH/c1-3-5-17-24(18-6-4-2)19-22(26)20-25(21-13-9-7-10-14-21)29(27,28)23-15-11-8-12-16-23;/h7-16,22,26H,3-6,17-20H2,1-2H3;1H. The number of sulfonamides is 1. The van der Waals surface area contributed by atoms with Gasteiger partial charge in [0.1, 0.15) is 12.6 Å². The summed E-state index contributed by atoms with van der Waals surface area (Å²) >= 11 is 0. The Bertz CT molecular complexity index is 796. The molecular weight excluding hydrogens is 420 g/mol. The molecule has 1 atom stereocenters. The van der Waals surface area contributed by atoms with E-state index in [4.69, 9.17) is 0 Å². The average molecular weight is 455 g/mol. The highest BCUT2D eigenvalue weighted by molar-refractivity contribution is 7.92. The fourth-order valence-corrected chi connectivity index (χ4v) is 4.95. The summed E-state index contributed by atoms with van der Waals surface area (Å²) < 4.78 is 27.9. The van der Waals surface area contributed by atoms with E-state index in [1.807, 2.05) is 18.2 Å². The predicted molar refractivity (Wildman–Crippen MR) is 119 cm³/mol. The molecule has 7 heteroatoms. The van der Waals surface area contributed by atoms with Gasteiger partial charge in [-0.3, -0.25) is 4.31 Å². The fraction of sp³-hybridized carbons (Fsp3) is 0.478. The molecule has 0 aromatic heterocycles. The molecular formula is C23H35ClN2O3S. The van der Waals surface area contributed by atoms with Crippen molar-refractivity contribution >= 4 is 15.7 Å². The van der Waals surface area contributed by atoms with Crippen LogP contribution in [0.5, 0.6) is 0 Å². The van der Waals surface area contributed by atoms with Crippen molar-refractivity contribution in [3.05, 3.63) is 60.7 Å². The van der Waals surface area contributed by atoms with Gasteiger partial charge in [-0.15, -0.1) is 0 Å². The molecule has 0 spiro atoms. The normalized spacial score (nSPS) is 12.4. The van der Waals surface area contributed by atoms with Crippen LogP contribution in [-0.4, -0.2) is 45.8 Å². The lowest BCUT2D eigenvalue weighted by Gasteiger charge is -2.28. The van der Waals surface area contributed by atoms with Crippen LogP contribution in [0.1, 0.15) is 39.5 Å². The number of nitrogens with one attached hydrogen (secondary N) is 1. The van der Waals surface area contributed by atoms with Crippen molar-refractivity contribution in [2.24, 2.45) is 0 Å². The van der Waals surface area contributed by atoms with Gasteiger partial charge in [0, 0.05) is 0 Å². The summed E-state index contributed by atoms with van der Waals surface area (Å²) in [6, 6.07) is 17.4. The molecule has 0 saturated carbocycles. The molecule has 2 N–H and O–H groups in total. The molecule has 0 amide bonds. The molecule has 2 aromatic carbocycles. The molecule has 2 aromatic rings. The maximum Gasteiger partial charge on any atom is 0.264 e. The number of quaternary nitrogens is 1. The first-order valence-electron chi connectivity index (χ1n) is 10.6. The van der Waals surface area contributed by atoms with Crippen LogP contribution in [0.2, 0.25) is 0 Å². The molecule has 2 rings (SSSR count). The Kier molecular flexibility index (Phi) is 12.0. The van der Waals surface area contributed by atoms with Gasteiger partial charge in [0.05, 0.1) is 30.2 Å². The Hall–Kier alpha value is -1.60. The number of hydrogen-bond acceptors (Lipinski definition) is 3. The fourth-order valence-electron chi connectivity index (χ4n) is 3.43. The van der Waals surface area contributed by atoms with Crippen molar-refractivity contribution in [2.75, 3.05) is 30.5 Å². The van der Waals surface area contributed by atoms with Crippen LogP contribution < -0.4 is 21.6 Å². The SMILES string of the molecule is CCCC[NH+](CCCC)CC(O)CN(c1ccccc1)S(=O)(=O)c1ccccc1.[Cl-]. The first-order chi connectivity index (χ1) is 14.0. The molecule has 30 heavy (non-hydrogen) atoms. The molecule has 0 fully saturated rings. The molecule has 0 heterocycles. The molecule has 0 saturated heterocycles. The number of halogens is 1. The van der Waals surface area contributed by atoms with Crippen LogP contribution in [0.4, 0.5) is 5.69 Å². The summed E-state index contributed by atoms with van der Waals surface area (Å²) in [7, 11) is -3.75. The van der Waals surface area contributed by atoms with Gasteiger partial charge in [0.25, 0.3) is 10.0 Å². The Labute approximate surface area is 188 Å². The Morgan fingerprint density at radius 2 is 1.40 bits per heavy atom. The van der Waals surface area contributed by atoms with E-state index in [1.165, 1.54) is 9.21 Å². The second kappa shape index (κ2) is 13.7. The zero-order valence-electron chi connectivity index (χ0n) is 18.0. The van der Waals surface area contributed by atoms with E-state index in [0.717, 1.165) is 38.8 Å². The number of nitrogens with zero attached hydrogens (tertiary/aromatic N) is 1. The third-order valence-corrected chi connectivity index (χ3v) is 6.85. The van der Waals surface area contributed by atoms with Gasteiger partial charge in [0.15, 0.2) is 0 Å². The quantitative estimate of drug-likeness (QED) is 0.438. The van der Waals surface area contributed by atoms with Gasteiger partial charge < -0.3 is 22.4 Å². The highest BCUT2D eigenvalue weighted by atomic mass is 35.5. The predicted octanol–water partition coefficient (Wildman–Crippen LogP) is -0.268. The third-order valence-electron chi connectivity index (χ3n) is 5.04. The summed E-state index contributed by atoms with van der Waals surface area (Å²) in [6.07, 6.45) is 3.71. The minimum absolute atomic E-state index is 0. The number of benzene rings is 2. The van der Waals surface area contributed by atoms with Crippen molar-refractivity contribution in [3.8, 4) is 0 Å². The zero-order chi connectivity index (χ0) is 21.1. The Balaban J connectivity index is 0.00000450. The maximum absolute atomic E-state index is 13.3. The highest BCUT2D eigenvalue weighted by Crippen LogP contribution is 2.23. The van der Waals surface area contributed by atoms with E-state index in [-0.39, 0.29) is 23.8 Å². The third kappa shape index (κ3) is 7.91. The second-order valence-corrected chi connectivity index (χ2v) is 9.36. The van der Waals surface area contributed by atoms with Crippen molar-refractivity contribution < 1.29 is 30.8 Å². The largest absolute Gasteiger partial charge is 1.00 e. The number of para-hydroxylation sites is 1. The first-order valence-corrected chi connectivity index (χ1v) is 12.1. The van der Waals surface area contributed by atoms with E-state index in [0.29, 0.717) is 12.2 Å². The lowest BCUT2D eigenvalue weighted by atomic mass is 10.2. The van der Waals surface area contributed by atoms with Crippen molar-refractivity contribution in [3.63, 3.8) is 0 Å². The molecule has 1 unspecified atom stereocenters. The molecule has 0 bridgehead atoms. The molecule has 168 valence electrons. The number of aliphatic hydroxyl groups is 1. The summed E-state index contributed by atoms with van der Waals surface area (Å²) in [5.74, 6) is 0. The summed E-state index contributed by atoms with van der Waals surface area (Å²) in [5.41, 5.74) is 0.569. The lowest BCUT2D eigenvalue weighted by Crippen LogP contribution is -3.13. The second-order valence-electron chi connectivity index (χ2n) is 7.50. The van der Waals surface area contributed by atoms with Gasteiger partial charge in [-0.1, -0.05) is 63.1 Å². The van der Waals surface area contributed by atoms with E-state index in [1.54, 1.807) is 42.5 Å². The number of rotatable bonds is 13. The number of hydrogen-bond donors (Lipinski definition) is 2. The van der Waals surface area contributed by atoms with E-state index >= 15 is 0 Å². The first kappa shape index (κ1) is 26.4. The number of anilines is 1. The number of aliphatic hydroxyl groups excluding tert-OH is 1. The van der Waals surface area contributed by atoms with Gasteiger partial charge >= 0.3 is 0 Å². The van der Waals surface area contributed by atoms with Gasteiger partial charge in [-0.2, -0.15) is 0 Å². The van der Waals surface area contributed by atoms with E-state index < -0.39 is 16.1 Å². The Morgan fingerprint density at radius 3 is 1.90 bits per heavy atom. The van der Waals surface area contributed by atoms with Crippen LogP contribution in [0, 0.1) is 0 Å². The smallest absolute Gasteiger partial charge is 0.264 e. The van der Waals surface area contributed by atoms with E-state index in [9.17, 15) is 13.5 Å². The molecule has 5 nitrogen and oxygen atoms in total. The summed E-state index contributed by atoms with van der Waals surface area (Å²) in [6.45, 7) is 6.93. The highest BCUT2D eigenvalue weighted by Gasteiger charge is 2.28. The van der Waals surface area contributed by atoms with Gasteiger partial charge in [0.2, 0.25) is 0 Å². The van der Waals surface area contributed by atoms with E-state index in [2.05, 4.69) is 13.8 Å². The molecule has 0 aliphatic heterocycles. The van der Waals surface area contributed by atoms with Crippen LogP contribution in [0.25, 0.3) is 0 Å². The summed E-state index contributed by atoms with van der Waals surface area (Å²) in [5, 5.41) is 10.8. The van der Waals surface area contributed by atoms with Crippen LogP contribution >= 0.6 is 0 Å². The minimum atomic E-state index is -3.75. The summed E-state index contributed by atoms with van der Waals surface area (Å²) in [4.78, 5) is 1.57. The van der Waals surface area contributed by atoms with Crippen molar-refractivity contribution in [2.45, 2.75) is 50.5 Å². The van der Waals surface area contributed by atoms with Crippen LogP contribution in [0.3, 0.4) is 0 Å². The minimum Gasteiger partial charge on any atom is -1.00 e. The molecule has 0 aliphatic rings. The Morgan fingerprint density at radius 1 is 0.900 bits per heavy atom. The van der Waals surface area contributed by atoms with Crippen molar-refractivity contribution in [1.29, 1.82) is 0 Å². The number of unbranched alkanes of at least 4 members (excludes halogenated alkanes) is 2. The van der Waals surface area contributed by atoms with Gasteiger partial charge in [-0.25, -0.2) is 8.42 Å². The van der Waals surface area contributed by atoms with Crippen LogP contribution in [0.15, 0.2) is 65.6 Å². The monoisotopic (exact) mass is 454 g/mol. The van der Waals surface area contributed by atoms with Crippen LogP contribution in [-0.2, 0) is 10.0 Å².